The molecular weight excluding hydrogens is 256 g/mol. The van der Waals surface area contributed by atoms with Crippen LogP contribution in [0.4, 0.5) is 0 Å². The number of carbonyl (C=O) groups is 2. The molecule has 1 aliphatic heterocycles. The highest BCUT2D eigenvalue weighted by Gasteiger charge is 2.15. The van der Waals surface area contributed by atoms with Crippen molar-refractivity contribution in [1.82, 2.24) is 20.1 Å². The molecule has 2 rings (SSSR count). The standard InChI is InChI=1S/C14H20N4O2/c19-12-18-9-7-17(8-10-18)6-3-14(20)16-11-13-1-4-15-5-2-13/h1-2,4-5,12H,3,6-11H2,(H,16,20). The van der Waals surface area contributed by atoms with Crippen molar-refractivity contribution in [3.05, 3.63) is 30.1 Å². The van der Waals surface area contributed by atoms with Gasteiger partial charge in [-0.2, -0.15) is 0 Å². The highest BCUT2D eigenvalue weighted by molar-refractivity contribution is 5.76. The molecule has 6 nitrogen and oxygen atoms in total. The summed E-state index contributed by atoms with van der Waals surface area (Å²) in [6.07, 6.45) is 4.81. The van der Waals surface area contributed by atoms with Gasteiger partial charge in [-0.1, -0.05) is 0 Å². The van der Waals surface area contributed by atoms with Crippen LogP contribution in [0.2, 0.25) is 0 Å². The van der Waals surface area contributed by atoms with Gasteiger partial charge in [0, 0.05) is 58.1 Å². The normalized spacial score (nSPS) is 15.9. The van der Waals surface area contributed by atoms with Crippen molar-refractivity contribution in [2.45, 2.75) is 13.0 Å². The van der Waals surface area contributed by atoms with E-state index in [2.05, 4.69) is 15.2 Å². The minimum Gasteiger partial charge on any atom is -0.352 e. The predicted molar refractivity (Wildman–Crippen MR) is 74.8 cm³/mol. The van der Waals surface area contributed by atoms with Crippen LogP contribution in [0, 0.1) is 0 Å². The van der Waals surface area contributed by atoms with Gasteiger partial charge >= 0.3 is 0 Å². The number of aromatic nitrogens is 1. The lowest BCUT2D eigenvalue weighted by Gasteiger charge is -2.32. The van der Waals surface area contributed by atoms with Crippen LogP contribution in [0.3, 0.4) is 0 Å². The number of nitrogens with zero attached hydrogens (tertiary/aromatic N) is 3. The lowest BCUT2D eigenvalue weighted by Crippen LogP contribution is -2.46. The van der Waals surface area contributed by atoms with E-state index < -0.39 is 0 Å². The number of rotatable bonds is 6. The number of amides is 2. The zero-order valence-electron chi connectivity index (χ0n) is 11.5. The average Bonchev–Trinajstić information content (AvgIpc) is 2.52. The topological polar surface area (TPSA) is 65.5 Å². The van der Waals surface area contributed by atoms with E-state index in [9.17, 15) is 9.59 Å². The molecule has 1 aliphatic rings. The fourth-order valence-electron chi connectivity index (χ4n) is 2.14. The smallest absolute Gasteiger partial charge is 0.221 e. The second-order valence-corrected chi connectivity index (χ2v) is 4.87. The summed E-state index contributed by atoms with van der Waals surface area (Å²) in [6, 6.07) is 3.78. The van der Waals surface area contributed by atoms with Gasteiger partial charge in [0.25, 0.3) is 0 Å². The van der Waals surface area contributed by atoms with Gasteiger partial charge in [0.15, 0.2) is 0 Å². The van der Waals surface area contributed by atoms with Crippen LogP contribution in [-0.2, 0) is 16.1 Å². The number of piperazine rings is 1. The highest BCUT2D eigenvalue weighted by Crippen LogP contribution is 2.01. The second kappa shape index (κ2) is 7.59. The molecule has 20 heavy (non-hydrogen) atoms. The van der Waals surface area contributed by atoms with Gasteiger partial charge in [-0.25, -0.2) is 0 Å². The molecule has 1 aromatic rings. The number of hydrogen-bond donors (Lipinski definition) is 1. The maximum atomic E-state index is 11.8. The van der Waals surface area contributed by atoms with Crippen LogP contribution in [0.25, 0.3) is 0 Å². The van der Waals surface area contributed by atoms with E-state index in [1.54, 1.807) is 17.3 Å². The van der Waals surface area contributed by atoms with Crippen LogP contribution >= 0.6 is 0 Å². The first-order valence-electron chi connectivity index (χ1n) is 6.85. The fourth-order valence-corrected chi connectivity index (χ4v) is 2.14. The predicted octanol–water partition coefficient (Wildman–Crippen LogP) is -0.138. The van der Waals surface area contributed by atoms with Crippen molar-refractivity contribution in [2.24, 2.45) is 0 Å². The minimum atomic E-state index is 0.0552. The number of pyridine rings is 1. The Balaban J connectivity index is 1.62. The molecule has 0 atom stereocenters. The Bertz CT molecular complexity index is 430. The van der Waals surface area contributed by atoms with E-state index in [0.717, 1.165) is 44.7 Å². The Morgan fingerprint density at radius 3 is 2.60 bits per heavy atom. The summed E-state index contributed by atoms with van der Waals surface area (Å²) in [7, 11) is 0. The van der Waals surface area contributed by atoms with Crippen molar-refractivity contribution in [1.29, 1.82) is 0 Å². The summed E-state index contributed by atoms with van der Waals surface area (Å²) >= 11 is 0. The van der Waals surface area contributed by atoms with Gasteiger partial charge in [0.1, 0.15) is 0 Å². The Kier molecular flexibility index (Phi) is 5.49. The third-order valence-corrected chi connectivity index (χ3v) is 3.45. The third-order valence-electron chi connectivity index (χ3n) is 3.45. The van der Waals surface area contributed by atoms with Gasteiger partial charge in [-0.3, -0.25) is 19.5 Å². The zero-order chi connectivity index (χ0) is 14.2. The lowest BCUT2D eigenvalue weighted by atomic mass is 10.2. The van der Waals surface area contributed by atoms with Gasteiger partial charge in [0.2, 0.25) is 12.3 Å². The third kappa shape index (κ3) is 4.62. The molecule has 0 bridgehead atoms. The van der Waals surface area contributed by atoms with Crippen molar-refractivity contribution < 1.29 is 9.59 Å². The van der Waals surface area contributed by atoms with Gasteiger partial charge in [-0.05, 0) is 17.7 Å². The molecule has 0 aliphatic carbocycles. The average molecular weight is 276 g/mol. The Morgan fingerprint density at radius 1 is 1.25 bits per heavy atom. The molecule has 0 saturated carbocycles. The first-order valence-corrected chi connectivity index (χ1v) is 6.85. The van der Waals surface area contributed by atoms with Gasteiger partial charge in [-0.15, -0.1) is 0 Å². The van der Waals surface area contributed by atoms with E-state index in [1.165, 1.54) is 0 Å². The van der Waals surface area contributed by atoms with Crippen molar-refractivity contribution in [2.75, 3.05) is 32.7 Å². The van der Waals surface area contributed by atoms with Gasteiger partial charge in [0.05, 0.1) is 0 Å². The monoisotopic (exact) mass is 276 g/mol. The molecule has 1 N–H and O–H groups in total. The molecule has 0 unspecified atom stereocenters. The number of carbonyl (C=O) groups excluding carboxylic acids is 2. The Hall–Kier alpha value is -1.95. The lowest BCUT2D eigenvalue weighted by molar-refractivity contribution is -0.123. The quantitative estimate of drug-likeness (QED) is 0.735. The molecule has 6 heteroatoms. The van der Waals surface area contributed by atoms with Crippen LogP contribution in [0.15, 0.2) is 24.5 Å². The summed E-state index contributed by atoms with van der Waals surface area (Å²) in [5.41, 5.74) is 1.05. The van der Waals surface area contributed by atoms with Crippen LogP contribution < -0.4 is 5.32 Å². The molecule has 0 radical (unpaired) electrons. The van der Waals surface area contributed by atoms with Crippen LogP contribution in [-0.4, -0.2) is 59.8 Å². The van der Waals surface area contributed by atoms with Crippen molar-refractivity contribution in [3.63, 3.8) is 0 Å². The minimum absolute atomic E-state index is 0.0552. The van der Waals surface area contributed by atoms with E-state index in [1.807, 2.05) is 12.1 Å². The fraction of sp³-hybridized carbons (Fsp3) is 0.500. The summed E-state index contributed by atoms with van der Waals surface area (Å²) in [6.45, 7) is 4.48. The maximum Gasteiger partial charge on any atom is 0.221 e. The van der Waals surface area contributed by atoms with Crippen LogP contribution in [0.5, 0.6) is 0 Å². The largest absolute Gasteiger partial charge is 0.352 e. The Labute approximate surface area is 118 Å². The van der Waals surface area contributed by atoms with E-state index in [4.69, 9.17) is 0 Å². The molecular formula is C14H20N4O2. The number of nitrogens with one attached hydrogen (secondary N) is 1. The maximum absolute atomic E-state index is 11.8. The van der Waals surface area contributed by atoms with Crippen molar-refractivity contribution in [3.8, 4) is 0 Å². The van der Waals surface area contributed by atoms with E-state index in [-0.39, 0.29) is 5.91 Å². The molecule has 0 spiro atoms. The summed E-state index contributed by atoms with van der Waals surface area (Å²) in [4.78, 5) is 30.3. The van der Waals surface area contributed by atoms with E-state index >= 15 is 0 Å². The molecule has 1 saturated heterocycles. The molecule has 108 valence electrons. The summed E-state index contributed by atoms with van der Waals surface area (Å²) in [5, 5.41) is 2.90. The molecule has 1 aromatic heterocycles. The van der Waals surface area contributed by atoms with Gasteiger partial charge < -0.3 is 10.2 Å². The molecule has 0 aromatic carbocycles. The van der Waals surface area contributed by atoms with E-state index in [0.29, 0.717) is 13.0 Å². The second-order valence-electron chi connectivity index (χ2n) is 4.87. The Morgan fingerprint density at radius 2 is 1.95 bits per heavy atom. The first kappa shape index (κ1) is 14.5. The van der Waals surface area contributed by atoms with Crippen LogP contribution in [0.1, 0.15) is 12.0 Å². The molecule has 2 amide bonds. The highest BCUT2D eigenvalue weighted by atomic mass is 16.1. The SMILES string of the molecule is O=CN1CCN(CCC(=O)NCc2ccncc2)CC1. The number of hydrogen-bond acceptors (Lipinski definition) is 4. The zero-order valence-corrected chi connectivity index (χ0v) is 11.5. The summed E-state index contributed by atoms with van der Waals surface area (Å²) < 4.78 is 0. The molecule has 1 fully saturated rings. The molecule has 2 heterocycles. The summed E-state index contributed by atoms with van der Waals surface area (Å²) in [5.74, 6) is 0.0552. The van der Waals surface area contributed by atoms with Crippen molar-refractivity contribution >= 4 is 12.3 Å². The first-order chi connectivity index (χ1) is 9.78.